The Hall–Kier alpha value is -1.97. The molecule has 3 nitrogen and oxygen atoms in total. The lowest BCUT2D eigenvalue weighted by molar-refractivity contribution is 0.414. The molecule has 3 aromatic rings. The second-order valence-corrected chi connectivity index (χ2v) is 5.19. The smallest absolute Gasteiger partial charge is 0.118 e. The van der Waals surface area contributed by atoms with E-state index in [-0.39, 0.29) is 12.4 Å². The van der Waals surface area contributed by atoms with Crippen molar-refractivity contribution in [3.8, 4) is 5.75 Å². The molecule has 1 heterocycles. The first kappa shape index (κ1) is 16.4. The molecule has 116 valence electrons. The predicted molar refractivity (Wildman–Crippen MR) is 94.0 cm³/mol. The number of hydrogen-bond acceptors (Lipinski definition) is 2. The number of halogens is 1. The average molecular weight is 317 g/mol. The summed E-state index contributed by atoms with van der Waals surface area (Å²) < 4.78 is 7.50. The van der Waals surface area contributed by atoms with Gasteiger partial charge in [0.2, 0.25) is 0 Å². The van der Waals surface area contributed by atoms with Crippen LogP contribution in [0.15, 0.2) is 54.7 Å². The number of methoxy groups -OCH3 is 1. The van der Waals surface area contributed by atoms with Gasteiger partial charge in [-0.3, -0.25) is 0 Å². The quantitative estimate of drug-likeness (QED) is 0.781. The monoisotopic (exact) mass is 316 g/mol. The third-order valence-corrected chi connectivity index (χ3v) is 3.80. The van der Waals surface area contributed by atoms with Crippen LogP contribution in [0.25, 0.3) is 10.9 Å². The summed E-state index contributed by atoms with van der Waals surface area (Å²) >= 11 is 0. The first-order valence-electron chi connectivity index (χ1n) is 7.21. The van der Waals surface area contributed by atoms with E-state index in [0.717, 1.165) is 18.7 Å². The average Bonchev–Trinajstić information content (AvgIpc) is 2.87. The summed E-state index contributed by atoms with van der Waals surface area (Å²) in [5, 5.41) is 1.30. The summed E-state index contributed by atoms with van der Waals surface area (Å²) in [6, 6.07) is 16.7. The van der Waals surface area contributed by atoms with Gasteiger partial charge in [-0.15, -0.1) is 12.4 Å². The minimum absolute atomic E-state index is 0. The summed E-state index contributed by atoms with van der Waals surface area (Å²) in [7, 11) is 1.69. The fourth-order valence-electron chi connectivity index (χ4n) is 2.74. The number of nitrogens with zero attached hydrogens (tertiary/aromatic N) is 1. The van der Waals surface area contributed by atoms with Gasteiger partial charge in [0.1, 0.15) is 5.75 Å². The summed E-state index contributed by atoms with van der Waals surface area (Å²) in [5.74, 6) is 0.889. The zero-order chi connectivity index (χ0) is 14.7. The first-order chi connectivity index (χ1) is 10.3. The summed E-state index contributed by atoms with van der Waals surface area (Å²) in [4.78, 5) is 0. The summed E-state index contributed by atoms with van der Waals surface area (Å²) in [6.45, 7) is 1.53. The number of para-hydroxylation sites is 1. The number of ether oxygens (including phenoxy) is 1. The number of rotatable bonds is 5. The Balaban J connectivity index is 0.00000176. The molecule has 1 aromatic heterocycles. The fourth-order valence-corrected chi connectivity index (χ4v) is 2.74. The van der Waals surface area contributed by atoms with Gasteiger partial charge >= 0.3 is 0 Å². The van der Waals surface area contributed by atoms with Crippen molar-refractivity contribution in [2.24, 2.45) is 5.73 Å². The highest BCUT2D eigenvalue weighted by atomic mass is 35.5. The Morgan fingerprint density at radius 2 is 1.77 bits per heavy atom. The van der Waals surface area contributed by atoms with Crippen molar-refractivity contribution in [2.75, 3.05) is 13.7 Å². The topological polar surface area (TPSA) is 40.2 Å². The zero-order valence-electron chi connectivity index (χ0n) is 12.7. The van der Waals surface area contributed by atoms with Crippen LogP contribution >= 0.6 is 12.4 Å². The van der Waals surface area contributed by atoms with Crippen LogP contribution in [0.2, 0.25) is 0 Å². The van der Waals surface area contributed by atoms with Crippen molar-refractivity contribution >= 4 is 23.3 Å². The molecule has 0 amide bonds. The largest absolute Gasteiger partial charge is 0.497 e. The SMILES string of the molecule is COc1ccc(Cn2cc(CCN)c3ccccc32)cc1.Cl. The highest BCUT2D eigenvalue weighted by Gasteiger charge is 2.07. The maximum atomic E-state index is 5.72. The molecule has 0 spiro atoms. The van der Waals surface area contributed by atoms with Crippen LogP contribution in [0.4, 0.5) is 0 Å². The lowest BCUT2D eigenvalue weighted by Crippen LogP contribution is -2.02. The van der Waals surface area contributed by atoms with Crippen LogP contribution in [-0.4, -0.2) is 18.2 Å². The van der Waals surface area contributed by atoms with E-state index < -0.39 is 0 Å². The highest BCUT2D eigenvalue weighted by Crippen LogP contribution is 2.23. The second-order valence-electron chi connectivity index (χ2n) is 5.19. The second kappa shape index (κ2) is 7.34. The Labute approximate surface area is 137 Å². The van der Waals surface area contributed by atoms with Gasteiger partial charge in [-0.25, -0.2) is 0 Å². The van der Waals surface area contributed by atoms with Crippen LogP contribution in [0.5, 0.6) is 5.75 Å². The molecular formula is C18H21ClN2O. The fraction of sp³-hybridized carbons (Fsp3) is 0.222. The van der Waals surface area contributed by atoms with E-state index in [1.165, 1.54) is 22.0 Å². The van der Waals surface area contributed by atoms with Crippen LogP contribution in [-0.2, 0) is 13.0 Å². The van der Waals surface area contributed by atoms with Gasteiger partial charge < -0.3 is 15.0 Å². The molecule has 0 unspecified atom stereocenters. The maximum absolute atomic E-state index is 5.72. The van der Waals surface area contributed by atoms with Gasteiger partial charge in [-0.2, -0.15) is 0 Å². The molecule has 2 N–H and O–H groups in total. The normalized spacial score (nSPS) is 10.5. The molecule has 0 aliphatic heterocycles. The predicted octanol–water partition coefficient (Wildman–Crippen LogP) is 3.62. The van der Waals surface area contributed by atoms with Crippen molar-refractivity contribution in [1.29, 1.82) is 0 Å². The van der Waals surface area contributed by atoms with Crippen LogP contribution in [0.1, 0.15) is 11.1 Å². The van der Waals surface area contributed by atoms with Crippen LogP contribution < -0.4 is 10.5 Å². The van der Waals surface area contributed by atoms with Crippen LogP contribution in [0.3, 0.4) is 0 Å². The molecule has 0 aliphatic rings. The lowest BCUT2D eigenvalue weighted by Gasteiger charge is -2.06. The van der Waals surface area contributed by atoms with E-state index in [9.17, 15) is 0 Å². The number of hydrogen-bond donors (Lipinski definition) is 1. The minimum Gasteiger partial charge on any atom is -0.497 e. The Morgan fingerprint density at radius 1 is 1.05 bits per heavy atom. The summed E-state index contributed by atoms with van der Waals surface area (Å²) in [5.41, 5.74) is 9.56. The van der Waals surface area contributed by atoms with Crippen LogP contribution in [0, 0.1) is 0 Å². The van der Waals surface area contributed by atoms with Crippen molar-refractivity contribution in [2.45, 2.75) is 13.0 Å². The molecule has 0 atom stereocenters. The Kier molecular flexibility index (Phi) is 5.47. The van der Waals surface area contributed by atoms with Gasteiger partial charge in [0.05, 0.1) is 7.11 Å². The molecule has 0 aliphatic carbocycles. The maximum Gasteiger partial charge on any atom is 0.118 e. The van der Waals surface area contributed by atoms with Crippen molar-refractivity contribution < 1.29 is 4.74 Å². The number of aromatic nitrogens is 1. The third-order valence-electron chi connectivity index (χ3n) is 3.80. The van der Waals surface area contributed by atoms with E-state index in [0.29, 0.717) is 6.54 Å². The summed E-state index contributed by atoms with van der Waals surface area (Å²) in [6.07, 6.45) is 3.14. The van der Waals surface area contributed by atoms with Crippen molar-refractivity contribution in [3.63, 3.8) is 0 Å². The molecule has 0 bridgehead atoms. The van der Waals surface area contributed by atoms with Gasteiger partial charge in [-0.1, -0.05) is 30.3 Å². The molecule has 0 saturated carbocycles. The molecular weight excluding hydrogens is 296 g/mol. The first-order valence-corrected chi connectivity index (χ1v) is 7.21. The molecule has 2 aromatic carbocycles. The van der Waals surface area contributed by atoms with E-state index in [2.05, 4.69) is 47.2 Å². The lowest BCUT2D eigenvalue weighted by atomic mass is 10.1. The standard InChI is InChI=1S/C18H20N2O.ClH/c1-21-16-8-6-14(7-9-16)12-20-13-15(10-11-19)17-4-2-3-5-18(17)20;/h2-9,13H,10-12,19H2,1H3;1H. The van der Waals surface area contributed by atoms with Gasteiger partial charge in [0.15, 0.2) is 0 Å². The number of fused-ring (bicyclic) bond motifs is 1. The van der Waals surface area contributed by atoms with Gasteiger partial charge in [-0.05, 0) is 42.3 Å². The molecule has 0 radical (unpaired) electrons. The van der Waals surface area contributed by atoms with Gasteiger partial charge in [0, 0.05) is 23.6 Å². The Bertz CT molecular complexity index is 734. The molecule has 3 rings (SSSR count). The Morgan fingerprint density at radius 3 is 2.45 bits per heavy atom. The van der Waals surface area contributed by atoms with E-state index in [1.54, 1.807) is 7.11 Å². The van der Waals surface area contributed by atoms with E-state index in [1.807, 2.05) is 12.1 Å². The molecule has 22 heavy (non-hydrogen) atoms. The molecule has 0 saturated heterocycles. The molecule has 0 fully saturated rings. The van der Waals surface area contributed by atoms with Crippen molar-refractivity contribution in [3.05, 3.63) is 65.9 Å². The zero-order valence-corrected chi connectivity index (χ0v) is 13.5. The number of nitrogens with two attached hydrogens (primary N) is 1. The van der Waals surface area contributed by atoms with E-state index >= 15 is 0 Å². The highest BCUT2D eigenvalue weighted by molar-refractivity contribution is 5.85. The number of benzene rings is 2. The molecule has 4 heteroatoms. The minimum atomic E-state index is 0. The van der Waals surface area contributed by atoms with E-state index in [4.69, 9.17) is 10.5 Å². The van der Waals surface area contributed by atoms with Crippen molar-refractivity contribution in [1.82, 2.24) is 4.57 Å². The third kappa shape index (κ3) is 3.26. The van der Waals surface area contributed by atoms with Gasteiger partial charge in [0.25, 0.3) is 0 Å².